The van der Waals surface area contributed by atoms with Gasteiger partial charge in [-0.05, 0) is 30.7 Å². The average Bonchev–Trinajstić information content (AvgIpc) is 2.52. The molecule has 0 saturated carbocycles. The van der Waals surface area contributed by atoms with Crippen molar-refractivity contribution in [3.05, 3.63) is 28.8 Å². The largest absolute Gasteiger partial charge is 0.378 e. The molecule has 0 aliphatic carbocycles. The molecule has 1 heterocycles. The van der Waals surface area contributed by atoms with Gasteiger partial charge in [0.15, 0.2) is 5.96 Å². The van der Waals surface area contributed by atoms with Crippen LogP contribution >= 0.6 is 11.6 Å². The summed E-state index contributed by atoms with van der Waals surface area (Å²) < 4.78 is 32.3. The van der Waals surface area contributed by atoms with Gasteiger partial charge in [0.05, 0.1) is 24.7 Å². The maximum atomic E-state index is 12.2. The summed E-state index contributed by atoms with van der Waals surface area (Å²) in [6.07, 6.45) is 0. The van der Waals surface area contributed by atoms with Gasteiger partial charge in [-0.1, -0.05) is 11.6 Å². The van der Waals surface area contributed by atoms with Crippen molar-refractivity contribution in [1.82, 2.24) is 9.62 Å². The van der Waals surface area contributed by atoms with E-state index >= 15 is 0 Å². The van der Waals surface area contributed by atoms with Gasteiger partial charge in [-0.25, -0.2) is 13.1 Å². The summed E-state index contributed by atoms with van der Waals surface area (Å²) in [6.45, 7) is 4.80. The number of guanidine groups is 1. The third-order valence-electron chi connectivity index (χ3n) is 3.44. The fraction of sp³-hybridized carbons (Fsp3) is 0.500. The predicted molar refractivity (Wildman–Crippen MR) is 90.3 cm³/mol. The summed E-state index contributed by atoms with van der Waals surface area (Å²) in [5.41, 5.74) is 6.48. The van der Waals surface area contributed by atoms with E-state index in [4.69, 9.17) is 22.1 Å². The summed E-state index contributed by atoms with van der Waals surface area (Å²) in [5.74, 6) is 0.412. The zero-order chi connectivity index (χ0) is 16.9. The third kappa shape index (κ3) is 5.07. The van der Waals surface area contributed by atoms with Gasteiger partial charge < -0.3 is 15.4 Å². The van der Waals surface area contributed by atoms with Crippen LogP contribution in [0.1, 0.15) is 5.56 Å². The third-order valence-corrected chi connectivity index (χ3v) is 5.30. The minimum atomic E-state index is -3.58. The van der Waals surface area contributed by atoms with E-state index in [1.807, 2.05) is 4.90 Å². The molecule has 0 bridgehead atoms. The Labute approximate surface area is 141 Å². The topological polar surface area (TPSA) is 97.0 Å². The molecular weight excluding hydrogens is 340 g/mol. The average molecular weight is 361 g/mol. The molecule has 128 valence electrons. The predicted octanol–water partition coefficient (Wildman–Crippen LogP) is 0.574. The molecule has 0 unspecified atom stereocenters. The molecule has 23 heavy (non-hydrogen) atoms. The van der Waals surface area contributed by atoms with Gasteiger partial charge in [-0.2, -0.15) is 0 Å². The molecule has 2 rings (SSSR count). The molecule has 0 aromatic heterocycles. The first-order valence-corrected chi connectivity index (χ1v) is 9.15. The number of nitrogens with two attached hydrogens (primary N) is 1. The number of nitrogens with one attached hydrogen (secondary N) is 1. The number of halogens is 1. The van der Waals surface area contributed by atoms with Gasteiger partial charge >= 0.3 is 0 Å². The molecule has 1 aromatic carbocycles. The molecule has 0 radical (unpaired) electrons. The lowest BCUT2D eigenvalue weighted by molar-refractivity contribution is 0.0674. The molecule has 7 nitrogen and oxygen atoms in total. The summed E-state index contributed by atoms with van der Waals surface area (Å²) in [5, 5.41) is 0.504. The van der Waals surface area contributed by atoms with Crippen LogP contribution in [0.2, 0.25) is 5.02 Å². The number of aliphatic imine (C=N–C) groups is 1. The molecule has 1 aromatic rings. The molecule has 1 aliphatic heterocycles. The van der Waals surface area contributed by atoms with Crippen molar-refractivity contribution < 1.29 is 13.2 Å². The first-order valence-electron chi connectivity index (χ1n) is 7.28. The highest BCUT2D eigenvalue weighted by Gasteiger charge is 2.16. The second-order valence-electron chi connectivity index (χ2n) is 5.15. The first kappa shape index (κ1) is 18.0. The minimum absolute atomic E-state index is 0.176. The molecule has 1 fully saturated rings. The summed E-state index contributed by atoms with van der Waals surface area (Å²) in [6, 6.07) is 4.66. The molecule has 3 N–H and O–H groups in total. The monoisotopic (exact) mass is 360 g/mol. The van der Waals surface area contributed by atoms with Gasteiger partial charge in [0.1, 0.15) is 0 Å². The van der Waals surface area contributed by atoms with Crippen molar-refractivity contribution in [2.45, 2.75) is 11.8 Å². The highest BCUT2D eigenvalue weighted by atomic mass is 35.5. The molecule has 1 saturated heterocycles. The standard InChI is InChI=1S/C14H21ClN4O3S/c1-11-10-12(15)2-3-13(11)23(20,21)18-5-4-17-14(16)19-6-8-22-9-7-19/h2-3,10,18H,4-9H2,1H3,(H2,16,17). The summed E-state index contributed by atoms with van der Waals surface area (Å²) in [4.78, 5) is 6.33. The van der Waals surface area contributed by atoms with Crippen molar-refractivity contribution in [3.8, 4) is 0 Å². The number of nitrogens with zero attached hydrogens (tertiary/aromatic N) is 2. The lowest BCUT2D eigenvalue weighted by atomic mass is 10.2. The van der Waals surface area contributed by atoms with E-state index in [1.165, 1.54) is 6.07 Å². The van der Waals surface area contributed by atoms with E-state index < -0.39 is 10.0 Å². The van der Waals surface area contributed by atoms with Crippen LogP contribution in [0, 0.1) is 6.92 Å². The van der Waals surface area contributed by atoms with Crippen LogP contribution in [0.5, 0.6) is 0 Å². The summed E-state index contributed by atoms with van der Waals surface area (Å²) >= 11 is 5.84. The maximum Gasteiger partial charge on any atom is 0.240 e. The number of sulfonamides is 1. The number of benzene rings is 1. The zero-order valence-corrected chi connectivity index (χ0v) is 14.5. The minimum Gasteiger partial charge on any atom is -0.378 e. The Morgan fingerprint density at radius 3 is 2.78 bits per heavy atom. The van der Waals surface area contributed by atoms with E-state index in [1.54, 1.807) is 19.1 Å². The molecular formula is C14H21ClN4O3S. The van der Waals surface area contributed by atoms with Gasteiger partial charge in [0.2, 0.25) is 10.0 Å². The van der Waals surface area contributed by atoms with Crippen LogP contribution in [0.3, 0.4) is 0 Å². The van der Waals surface area contributed by atoms with E-state index in [-0.39, 0.29) is 18.0 Å². The normalized spacial score (nSPS) is 16.6. The van der Waals surface area contributed by atoms with E-state index in [0.717, 1.165) is 0 Å². The van der Waals surface area contributed by atoms with Crippen molar-refractivity contribution in [2.75, 3.05) is 39.4 Å². The van der Waals surface area contributed by atoms with Crippen LogP contribution in [0.4, 0.5) is 0 Å². The number of rotatable bonds is 5. The van der Waals surface area contributed by atoms with E-state index in [0.29, 0.717) is 42.8 Å². The van der Waals surface area contributed by atoms with Gasteiger partial charge in [-0.3, -0.25) is 4.99 Å². The highest BCUT2D eigenvalue weighted by molar-refractivity contribution is 7.89. The Morgan fingerprint density at radius 1 is 1.43 bits per heavy atom. The van der Waals surface area contributed by atoms with Crippen molar-refractivity contribution in [3.63, 3.8) is 0 Å². The second kappa shape index (κ2) is 7.96. The van der Waals surface area contributed by atoms with Crippen molar-refractivity contribution in [1.29, 1.82) is 0 Å². The fourth-order valence-corrected chi connectivity index (χ4v) is 3.71. The van der Waals surface area contributed by atoms with Gasteiger partial charge in [-0.15, -0.1) is 0 Å². The fourth-order valence-electron chi connectivity index (χ4n) is 2.23. The van der Waals surface area contributed by atoms with Gasteiger partial charge in [0.25, 0.3) is 0 Å². The Kier molecular flexibility index (Phi) is 6.23. The maximum absolute atomic E-state index is 12.2. The quantitative estimate of drug-likeness (QED) is 0.454. The second-order valence-corrected chi connectivity index (χ2v) is 7.32. The van der Waals surface area contributed by atoms with E-state index in [9.17, 15) is 8.42 Å². The van der Waals surface area contributed by atoms with Crippen molar-refractivity contribution >= 4 is 27.6 Å². The number of aryl methyl sites for hydroxylation is 1. The van der Waals surface area contributed by atoms with Crippen LogP contribution in [-0.2, 0) is 14.8 Å². The SMILES string of the molecule is Cc1cc(Cl)ccc1S(=O)(=O)NCCN=C(N)N1CCOCC1. The molecule has 9 heteroatoms. The Hall–Kier alpha value is -1.35. The van der Waals surface area contributed by atoms with Crippen LogP contribution < -0.4 is 10.5 Å². The Balaban J connectivity index is 1.89. The number of ether oxygens (including phenoxy) is 1. The zero-order valence-electron chi connectivity index (χ0n) is 13.0. The van der Waals surface area contributed by atoms with E-state index in [2.05, 4.69) is 9.71 Å². The molecule has 1 aliphatic rings. The number of morpholine rings is 1. The summed E-state index contributed by atoms with van der Waals surface area (Å²) in [7, 11) is -3.58. The smallest absolute Gasteiger partial charge is 0.240 e. The van der Waals surface area contributed by atoms with Gasteiger partial charge in [0, 0.05) is 24.7 Å². The Morgan fingerprint density at radius 2 is 2.13 bits per heavy atom. The highest BCUT2D eigenvalue weighted by Crippen LogP contribution is 2.19. The molecule has 0 amide bonds. The lowest BCUT2D eigenvalue weighted by Crippen LogP contribution is -2.45. The molecule has 0 atom stereocenters. The van der Waals surface area contributed by atoms with Crippen molar-refractivity contribution in [2.24, 2.45) is 10.7 Å². The van der Waals surface area contributed by atoms with Crippen LogP contribution in [-0.4, -0.2) is 58.7 Å². The lowest BCUT2D eigenvalue weighted by Gasteiger charge is -2.27. The first-order chi connectivity index (χ1) is 10.9. The number of hydrogen-bond donors (Lipinski definition) is 2. The van der Waals surface area contributed by atoms with Crippen LogP contribution in [0.15, 0.2) is 28.1 Å². The Bertz CT molecular complexity index is 673. The number of hydrogen-bond acceptors (Lipinski definition) is 4. The van der Waals surface area contributed by atoms with Crippen LogP contribution in [0.25, 0.3) is 0 Å². The molecule has 0 spiro atoms.